The quantitative estimate of drug-likeness (QED) is 0.224. The van der Waals surface area contributed by atoms with Crippen molar-refractivity contribution in [2.45, 2.75) is 5.51 Å². The summed E-state index contributed by atoms with van der Waals surface area (Å²) in [7, 11) is -6.09. The predicted octanol–water partition coefficient (Wildman–Crippen LogP) is 2.76. The van der Waals surface area contributed by atoms with Crippen molar-refractivity contribution >= 4 is 15.8 Å². The van der Waals surface area contributed by atoms with E-state index in [0.717, 1.165) is 29.9 Å². The van der Waals surface area contributed by atoms with Crippen LogP contribution in [0.2, 0.25) is 0 Å². The van der Waals surface area contributed by atoms with E-state index in [9.17, 15) is 17.6 Å². The molecule has 0 saturated carbocycles. The third kappa shape index (κ3) is 7.26. The molecule has 1 aliphatic rings. The molecule has 10 heteroatoms. The molecule has 0 atom stereocenters. The Morgan fingerprint density at radius 3 is 2.03 bits per heavy atom. The van der Waals surface area contributed by atoms with Crippen molar-refractivity contribution in [3.8, 4) is 11.8 Å². The van der Waals surface area contributed by atoms with Gasteiger partial charge in [0.05, 0.1) is 5.56 Å². The van der Waals surface area contributed by atoms with Crippen LogP contribution in [0.15, 0.2) is 54.6 Å². The van der Waals surface area contributed by atoms with E-state index in [0.29, 0.717) is 13.2 Å². The number of alkyl halides is 3. The zero-order valence-electron chi connectivity index (χ0n) is 15.5. The highest BCUT2D eigenvalue weighted by Crippen LogP contribution is 2.20. The van der Waals surface area contributed by atoms with Gasteiger partial charge in [-0.25, -0.2) is 17.4 Å². The number of halogens is 4. The number of benzene rings is 2. The number of ether oxygens (including phenoxy) is 1. The first-order valence-electron chi connectivity index (χ1n) is 8.63. The number of morpholine rings is 1. The predicted molar refractivity (Wildman–Crippen MR) is 100 cm³/mol. The van der Waals surface area contributed by atoms with E-state index in [1.807, 2.05) is 18.2 Å². The first-order chi connectivity index (χ1) is 14.1. The minimum atomic E-state index is -6.09. The van der Waals surface area contributed by atoms with Crippen LogP contribution in [0, 0.1) is 17.7 Å². The standard InChI is InChI=1S/C19H17FNO.CHF3O3S/c20-18-9-6-16(7-10-18)8-11-19(17-4-2-1-3-5-17)21-12-14-22-15-13-21;2-1(3,4)8(5,6)7/h1-7,9-10H,12-15H2;(H,5,6,7)/q+1;/p-1. The molecule has 0 aromatic heterocycles. The molecule has 30 heavy (non-hydrogen) atoms. The van der Waals surface area contributed by atoms with Gasteiger partial charge in [0.25, 0.3) is 5.71 Å². The first kappa shape index (κ1) is 23.5. The molecule has 1 heterocycles. The van der Waals surface area contributed by atoms with Crippen molar-refractivity contribution in [1.29, 1.82) is 0 Å². The first-order valence-corrected chi connectivity index (χ1v) is 10.0. The molecule has 2 aromatic carbocycles. The Morgan fingerprint density at radius 1 is 1.00 bits per heavy atom. The highest BCUT2D eigenvalue weighted by Gasteiger charge is 2.36. The fourth-order valence-corrected chi connectivity index (χ4v) is 2.38. The number of nitrogens with zero attached hydrogens (tertiary/aromatic N) is 1. The fourth-order valence-electron chi connectivity index (χ4n) is 2.38. The maximum absolute atomic E-state index is 13.0. The Labute approximate surface area is 171 Å². The van der Waals surface area contributed by atoms with Crippen LogP contribution in [0.4, 0.5) is 17.6 Å². The van der Waals surface area contributed by atoms with Crippen molar-refractivity contribution < 1.29 is 39.8 Å². The van der Waals surface area contributed by atoms with Crippen molar-refractivity contribution in [3.63, 3.8) is 0 Å². The van der Waals surface area contributed by atoms with Gasteiger partial charge in [0, 0.05) is 11.5 Å². The molecule has 0 aliphatic carbocycles. The topological polar surface area (TPSA) is 69.4 Å². The van der Waals surface area contributed by atoms with Crippen LogP contribution in [-0.2, 0) is 14.9 Å². The van der Waals surface area contributed by atoms with Crippen molar-refractivity contribution in [1.82, 2.24) is 0 Å². The molecule has 1 fully saturated rings. The van der Waals surface area contributed by atoms with Crippen LogP contribution in [0.25, 0.3) is 0 Å². The highest BCUT2D eigenvalue weighted by atomic mass is 32.2. The average Bonchev–Trinajstić information content (AvgIpc) is 2.70. The molecule has 0 bridgehead atoms. The van der Waals surface area contributed by atoms with Gasteiger partial charge in [0.2, 0.25) is 0 Å². The molecular formula is C20H17F4NO4S. The van der Waals surface area contributed by atoms with E-state index in [1.165, 1.54) is 12.1 Å². The third-order valence-corrected chi connectivity index (χ3v) is 4.39. The summed E-state index contributed by atoms with van der Waals surface area (Å²) in [5.74, 6) is 6.14. The summed E-state index contributed by atoms with van der Waals surface area (Å²) in [5, 5.41) is 0. The second-order valence-electron chi connectivity index (χ2n) is 5.97. The smallest absolute Gasteiger partial charge is 0.485 e. The fraction of sp³-hybridized carbons (Fsp3) is 0.250. The van der Waals surface area contributed by atoms with Gasteiger partial charge in [0.15, 0.2) is 23.2 Å². The van der Waals surface area contributed by atoms with E-state index in [-0.39, 0.29) is 5.82 Å². The largest absolute Gasteiger partial charge is 0.741 e. The zero-order chi connectivity index (χ0) is 22.2. The van der Waals surface area contributed by atoms with Gasteiger partial charge in [-0.3, -0.25) is 0 Å². The summed E-state index contributed by atoms with van der Waals surface area (Å²) in [6, 6.07) is 16.4. The maximum atomic E-state index is 13.0. The average molecular weight is 443 g/mol. The van der Waals surface area contributed by atoms with Crippen LogP contribution >= 0.6 is 0 Å². The van der Waals surface area contributed by atoms with Crippen LogP contribution in [0.5, 0.6) is 0 Å². The van der Waals surface area contributed by atoms with E-state index < -0.39 is 15.6 Å². The van der Waals surface area contributed by atoms with Gasteiger partial charge in [0.1, 0.15) is 19.0 Å². The van der Waals surface area contributed by atoms with Gasteiger partial charge in [-0.15, -0.1) is 0 Å². The molecular weight excluding hydrogens is 426 g/mol. The second-order valence-corrected chi connectivity index (χ2v) is 7.34. The molecule has 0 amide bonds. The van der Waals surface area contributed by atoms with Gasteiger partial charge in [-0.2, -0.15) is 13.2 Å². The molecule has 160 valence electrons. The lowest BCUT2D eigenvalue weighted by Crippen LogP contribution is -2.33. The number of rotatable bonds is 1. The van der Waals surface area contributed by atoms with Crippen molar-refractivity contribution in [2.75, 3.05) is 26.3 Å². The molecule has 1 aliphatic heterocycles. The van der Waals surface area contributed by atoms with Crippen LogP contribution < -0.4 is 0 Å². The Bertz CT molecular complexity index is 1030. The lowest BCUT2D eigenvalue weighted by atomic mass is 10.1. The molecule has 3 rings (SSSR count). The minimum absolute atomic E-state index is 0.244. The summed E-state index contributed by atoms with van der Waals surface area (Å²) < 4.78 is 79.5. The minimum Gasteiger partial charge on any atom is -0.741 e. The van der Waals surface area contributed by atoms with Crippen LogP contribution in [0.3, 0.4) is 0 Å². The number of hydrogen-bond donors (Lipinski definition) is 0. The molecule has 5 nitrogen and oxygen atoms in total. The molecule has 0 unspecified atom stereocenters. The Kier molecular flexibility index (Phi) is 8.11. The Balaban J connectivity index is 0.000000343. The molecule has 0 spiro atoms. The van der Waals surface area contributed by atoms with Crippen LogP contribution in [-0.4, -0.2) is 55.1 Å². The third-order valence-electron chi connectivity index (χ3n) is 3.83. The molecule has 1 saturated heterocycles. The summed E-state index contributed by atoms with van der Waals surface area (Å²) >= 11 is 0. The van der Waals surface area contributed by atoms with Crippen molar-refractivity contribution in [3.05, 3.63) is 71.5 Å². The zero-order valence-corrected chi connectivity index (χ0v) is 16.3. The highest BCUT2D eigenvalue weighted by molar-refractivity contribution is 7.86. The van der Waals surface area contributed by atoms with Gasteiger partial charge < -0.3 is 9.29 Å². The normalized spacial score (nSPS) is 14.1. The van der Waals surface area contributed by atoms with Crippen LogP contribution in [0.1, 0.15) is 11.1 Å². The van der Waals surface area contributed by atoms with Gasteiger partial charge >= 0.3 is 5.51 Å². The lowest BCUT2D eigenvalue weighted by Gasteiger charge is -2.12. The van der Waals surface area contributed by atoms with E-state index in [4.69, 9.17) is 17.7 Å². The lowest BCUT2D eigenvalue weighted by molar-refractivity contribution is -0.547. The summed E-state index contributed by atoms with van der Waals surface area (Å²) in [5.41, 5.74) is -2.75. The SMILES string of the molecule is Fc1ccc(C#CC(c2ccccc2)=[N+]2CCOCC2)cc1.O=S(=O)([O-])C(F)(F)F. The summed E-state index contributed by atoms with van der Waals surface area (Å²) in [6.45, 7) is 3.10. The monoisotopic (exact) mass is 443 g/mol. The van der Waals surface area contributed by atoms with Gasteiger partial charge in [-0.05, 0) is 36.4 Å². The summed E-state index contributed by atoms with van der Waals surface area (Å²) in [6.07, 6.45) is 0. The number of hydrogen-bond acceptors (Lipinski definition) is 4. The summed E-state index contributed by atoms with van der Waals surface area (Å²) in [4.78, 5) is 0. The Morgan fingerprint density at radius 2 is 1.53 bits per heavy atom. The van der Waals surface area contributed by atoms with E-state index in [1.54, 1.807) is 12.1 Å². The van der Waals surface area contributed by atoms with Crippen molar-refractivity contribution in [2.24, 2.45) is 0 Å². The molecule has 0 radical (unpaired) electrons. The molecule has 0 N–H and O–H groups in total. The van der Waals surface area contributed by atoms with E-state index >= 15 is 0 Å². The Hall–Kier alpha value is -2.74. The second kappa shape index (κ2) is 10.3. The maximum Gasteiger partial charge on any atom is 0.485 e. The van der Waals surface area contributed by atoms with E-state index in [2.05, 4.69) is 28.5 Å². The molecule has 2 aromatic rings. The van der Waals surface area contributed by atoms with Gasteiger partial charge in [-0.1, -0.05) is 24.1 Å².